The number of nitrogens with two attached hydrogens (primary N) is 1. The molecule has 0 unspecified atom stereocenters. The number of hydrogen-bond acceptors (Lipinski definition) is 2. The summed E-state index contributed by atoms with van der Waals surface area (Å²) in [6.07, 6.45) is 0. The summed E-state index contributed by atoms with van der Waals surface area (Å²) < 4.78 is 0.993. The smallest absolute Gasteiger partial charge is 0.101 e. The lowest BCUT2D eigenvalue weighted by Crippen LogP contribution is -2.07. The molecule has 0 saturated heterocycles. The molecule has 0 aromatic carbocycles. The molecule has 1 rings (SSSR count). The number of hydrogen-bond donors (Lipinski definition) is 1. The van der Waals surface area contributed by atoms with Crippen molar-refractivity contribution in [2.75, 3.05) is 0 Å². The summed E-state index contributed by atoms with van der Waals surface area (Å²) in [7, 11) is 0. The largest absolute Gasteiger partial charge is 0.323 e. The Morgan fingerprint density at radius 2 is 2.30 bits per heavy atom. The first-order chi connectivity index (χ1) is 4.70. The Morgan fingerprint density at radius 3 is 2.70 bits per heavy atom. The Morgan fingerprint density at radius 1 is 1.60 bits per heavy atom. The molecule has 0 spiro atoms. The molecule has 0 fully saturated rings. The molecule has 2 nitrogen and oxygen atoms in total. The minimum absolute atomic E-state index is 0.0368. The van der Waals surface area contributed by atoms with Crippen LogP contribution in [0.15, 0.2) is 18.2 Å². The molecule has 0 bridgehead atoms. The zero-order chi connectivity index (χ0) is 7.56. The highest BCUT2D eigenvalue weighted by atomic mass is 127. The van der Waals surface area contributed by atoms with E-state index in [1.807, 2.05) is 25.1 Å². The van der Waals surface area contributed by atoms with Crippen LogP contribution in [0.5, 0.6) is 0 Å². The third-order valence-electron chi connectivity index (χ3n) is 1.20. The first kappa shape index (κ1) is 7.94. The second kappa shape index (κ2) is 3.30. The maximum absolute atomic E-state index is 5.62. The lowest BCUT2D eigenvalue weighted by atomic mass is 10.2. The number of rotatable bonds is 1. The van der Waals surface area contributed by atoms with Gasteiger partial charge in [0.25, 0.3) is 0 Å². The Kier molecular flexibility index (Phi) is 2.62. The van der Waals surface area contributed by atoms with Crippen molar-refractivity contribution >= 4 is 22.6 Å². The average molecular weight is 248 g/mol. The fourth-order valence-corrected chi connectivity index (χ4v) is 1.16. The topological polar surface area (TPSA) is 38.9 Å². The predicted octanol–water partition coefficient (Wildman–Crippen LogP) is 1.71. The van der Waals surface area contributed by atoms with Gasteiger partial charge in [0.2, 0.25) is 0 Å². The average Bonchev–Trinajstić information content (AvgIpc) is 1.88. The van der Waals surface area contributed by atoms with Crippen LogP contribution in [0.25, 0.3) is 0 Å². The number of nitrogens with zero attached hydrogens (tertiary/aromatic N) is 1. The quantitative estimate of drug-likeness (QED) is 0.606. The summed E-state index contributed by atoms with van der Waals surface area (Å²) in [4.78, 5) is 4.23. The van der Waals surface area contributed by atoms with E-state index in [1.54, 1.807) is 0 Å². The van der Waals surface area contributed by atoms with Crippen LogP contribution in [0.1, 0.15) is 18.7 Å². The zero-order valence-corrected chi connectivity index (χ0v) is 7.87. The molecule has 10 heavy (non-hydrogen) atoms. The lowest BCUT2D eigenvalue weighted by Gasteiger charge is -2.02. The molecule has 1 atom stereocenters. The molecule has 54 valence electrons. The van der Waals surface area contributed by atoms with E-state index in [4.69, 9.17) is 5.73 Å². The first-order valence-corrected chi connectivity index (χ1v) is 4.16. The van der Waals surface area contributed by atoms with Crippen molar-refractivity contribution in [2.45, 2.75) is 13.0 Å². The van der Waals surface area contributed by atoms with Crippen LogP contribution in [0, 0.1) is 3.70 Å². The summed E-state index contributed by atoms with van der Waals surface area (Å²) in [6, 6.07) is 5.89. The SMILES string of the molecule is C[C@H](N)c1cccc(I)n1. The van der Waals surface area contributed by atoms with E-state index < -0.39 is 0 Å². The summed E-state index contributed by atoms with van der Waals surface area (Å²) in [5.74, 6) is 0. The number of aromatic nitrogens is 1. The normalized spacial score (nSPS) is 13.1. The highest BCUT2D eigenvalue weighted by Gasteiger charge is 1.98. The van der Waals surface area contributed by atoms with Crippen LogP contribution < -0.4 is 5.73 Å². The van der Waals surface area contributed by atoms with Crippen LogP contribution in [-0.2, 0) is 0 Å². The second-order valence-corrected chi connectivity index (χ2v) is 3.28. The van der Waals surface area contributed by atoms with Crippen molar-refractivity contribution in [3.63, 3.8) is 0 Å². The van der Waals surface area contributed by atoms with E-state index in [0.29, 0.717) is 0 Å². The van der Waals surface area contributed by atoms with Gasteiger partial charge in [-0.25, -0.2) is 4.98 Å². The molecular formula is C7H9IN2. The fraction of sp³-hybridized carbons (Fsp3) is 0.286. The van der Waals surface area contributed by atoms with Crippen molar-refractivity contribution in [3.05, 3.63) is 27.6 Å². The van der Waals surface area contributed by atoms with Gasteiger partial charge in [-0.3, -0.25) is 0 Å². The predicted molar refractivity (Wildman–Crippen MR) is 49.6 cm³/mol. The van der Waals surface area contributed by atoms with Gasteiger partial charge in [0.1, 0.15) is 3.70 Å². The van der Waals surface area contributed by atoms with E-state index in [1.165, 1.54) is 0 Å². The molecule has 0 radical (unpaired) electrons. The standard InChI is InChI=1S/C7H9IN2/c1-5(9)6-3-2-4-7(8)10-6/h2-5H,9H2,1H3/t5-/m0/s1. The molecule has 0 amide bonds. The van der Waals surface area contributed by atoms with Crippen molar-refractivity contribution in [3.8, 4) is 0 Å². The van der Waals surface area contributed by atoms with Gasteiger partial charge in [0.05, 0.1) is 5.69 Å². The van der Waals surface area contributed by atoms with Gasteiger partial charge in [-0.2, -0.15) is 0 Å². The summed E-state index contributed by atoms with van der Waals surface area (Å²) >= 11 is 2.17. The van der Waals surface area contributed by atoms with E-state index in [2.05, 4.69) is 27.6 Å². The molecule has 0 aliphatic rings. The molecule has 3 heteroatoms. The van der Waals surface area contributed by atoms with E-state index in [9.17, 15) is 0 Å². The number of pyridine rings is 1. The van der Waals surface area contributed by atoms with Crippen molar-refractivity contribution in [1.29, 1.82) is 0 Å². The molecule has 0 saturated carbocycles. The Hall–Kier alpha value is -0.160. The molecular weight excluding hydrogens is 239 g/mol. The van der Waals surface area contributed by atoms with Gasteiger partial charge in [-0.05, 0) is 41.6 Å². The van der Waals surface area contributed by atoms with E-state index in [-0.39, 0.29) is 6.04 Å². The molecule has 1 heterocycles. The fourth-order valence-electron chi connectivity index (χ4n) is 0.678. The van der Waals surface area contributed by atoms with Gasteiger partial charge in [-0.15, -0.1) is 0 Å². The molecule has 2 N–H and O–H groups in total. The van der Waals surface area contributed by atoms with Crippen molar-refractivity contribution in [1.82, 2.24) is 4.98 Å². The Balaban J connectivity index is 2.96. The lowest BCUT2D eigenvalue weighted by molar-refractivity contribution is 0.777. The summed E-state index contributed by atoms with van der Waals surface area (Å²) in [5.41, 5.74) is 6.57. The molecule has 0 aliphatic heterocycles. The van der Waals surface area contributed by atoms with Gasteiger partial charge in [-0.1, -0.05) is 6.07 Å². The molecule has 1 aromatic rings. The first-order valence-electron chi connectivity index (χ1n) is 3.08. The minimum Gasteiger partial charge on any atom is -0.323 e. The second-order valence-electron chi connectivity index (χ2n) is 2.17. The highest BCUT2D eigenvalue weighted by molar-refractivity contribution is 14.1. The monoisotopic (exact) mass is 248 g/mol. The van der Waals surface area contributed by atoms with Gasteiger partial charge < -0.3 is 5.73 Å². The van der Waals surface area contributed by atoms with Crippen LogP contribution in [-0.4, -0.2) is 4.98 Å². The molecule has 0 aliphatic carbocycles. The zero-order valence-electron chi connectivity index (χ0n) is 5.71. The maximum Gasteiger partial charge on any atom is 0.101 e. The van der Waals surface area contributed by atoms with Crippen LogP contribution in [0.3, 0.4) is 0 Å². The van der Waals surface area contributed by atoms with Crippen LogP contribution in [0.4, 0.5) is 0 Å². The number of halogens is 1. The third kappa shape index (κ3) is 1.91. The summed E-state index contributed by atoms with van der Waals surface area (Å²) in [6.45, 7) is 1.93. The maximum atomic E-state index is 5.62. The van der Waals surface area contributed by atoms with Crippen molar-refractivity contribution in [2.24, 2.45) is 5.73 Å². The minimum atomic E-state index is 0.0368. The van der Waals surface area contributed by atoms with Gasteiger partial charge >= 0.3 is 0 Å². The van der Waals surface area contributed by atoms with E-state index >= 15 is 0 Å². The third-order valence-corrected chi connectivity index (χ3v) is 1.80. The van der Waals surface area contributed by atoms with Gasteiger partial charge in [0.15, 0.2) is 0 Å². The Bertz CT molecular complexity index is 223. The van der Waals surface area contributed by atoms with Crippen molar-refractivity contribution < 1.29 is 0 Å². The Labute approximate surface area is 74.0 Å². The summed E-state index contributed by atoms with van der Waals surface area (Å²) in [5, 5.41) is 0. The highest BCUT2D eigenvalue weighted by Crippen LogP contribution is 2.07. The van der Waals surface area contributed by atoms with Crippen LogP contribution >= 0.6 is 22.6 Å². The van der Waals surface area contributed by atoms with E-state index in [0.717, 1.165) is 9.39 Å². The van der Waals surface area contributed by atoms with Gasteiger partial charge in [0, 0.05) is 6.04 Å². The van der Waals surface area contributed by atoms with Crippen LogP contribution in [0.2, 0.25) is 0 Å². The molecule has 1 aromatic heterocycles.